The maximum absolute atomic E-state index is 11.1. The van der Waals surface area contributed by atoms with Gasteiger partial charge in [-0.25, -0.2) is 0 Å². The third-order valence-electron chi connectivity index (χ3n) is 6.88. The van der Waals surface area contributed by atoms with Crippen molar-refractivity contribution in [3.8, 4) is 5.75 Å². The first-order chi connectivity index (χ1) is 15.5. The van der Waals surface area contributed by atoms with E-state index in [0.717, 1.165) is 36.5 Å². The van der Waals surface area contributed by atoms with Crippen LogP contribution in [0.15, 0.2) is 46.5 Å². The van der Waals surface area contributed by atoms with Gasteiger partial charge in [0.1, 0.15) is 11.6 Å². The lowest BCUT2D eigenvalue weighted by molar-refractivity contribution is 0.352. The molecule has 1 fully saturated rings. The average Bonchev–Trinajstić information content (AvgIpc) is 3.04. The molecular formula is C29H41BrN2O. The fourth-order valence-electron chi connectivity index (χ4n) is 5.15. The van der Waals surface area contributed by atoms with Gasteiger partial charge in [0.05, 0.1) is 16.1 Å². The van der Waals surface area contributed by atoms with Gasteiger partial charge >= 0.3 is 0 Å². The fourth-order valence-corrected chi connectivity index (χ4v) is 5.64. The molecule has 2 atom stereocenters. The maximum Gasteiger partial charge on any atom is 0.123 e. The normalized spacial score (nSPS) is 20.6. The molecule has 0 radical (unpaired) electrons. The average molecular weight is 514 g/mol. The largest absolute Gasteiger partial charge is 0.507 e. The quantitative estimate of drug-likeness (QED) is 0.428. The molecular weight excluding hydrogens is 472 g/mol. The van der Waals surface area contributed by atoms with E-state index >= 15 is 0 Å². The van der Waals surface area contributed by atoms with Crippen LogP contribution >= 0.6 is 16.1 Å². The summed E-state index contributed by atoms with van der Waals surface area (Å²) in [5.74, 6) is 2.60. The van der Waals surface area contributed by atoms with Crippen molar-refractivity contribution in [2.24, 2.45) is 15.9 Å². The fraction of sp³-hybridized carbons (Fsp3) is 0.552. The van der Waals surface area contributed by atoms with Crippen molar-refractivity contribution in [2.45, 2.75) is 85.1 Å². The van der Waals surface area contributed by atoms with Crippen LogP contribution in [0.5, 0.6) is 5.75 Å². The molecule has 0 bridgehead atoms. The lowest BCUT2D eigenvalue weighted by Gasteiger charge is -2.29. The SMILES string of the molecule is CCC[C@H]1CN(Cc2cc(C(C)(C)C)c(O)c(C(C)(C)C)c2)/C(=N\Br)[C@@H]1Cc1ccccc1. The number of phenolic OH excluding ortho intramolecular Hbond substituents is 1. The predicted octanol–water partition coefficient (Wildman–Crippen LogP) is 7.79. The van der Waals surface area contributed by atoms with Crippen LogP contribution in [0.2, 0.25) is 0 Å². The summed E-state index contributed by atoms with van der Waals surface area (Å²) in [6.07, 6.45) is 3.40. The molecule has 1 aliphatic heterocycles. The number of nitrogens with zero attached hydrogens (tertiary/aromatic N) is 2. The van der Waals surface area contributed by atoms with Gasteiger partial charge in [0.25, 0.3) is 0 Å². The minimum Gasteiger partial charge on any atom is -0.507 e. The summed E-state index contributed by atoms with van der Waals surface area (Å²) >= 11 is 3.47. The molecule has 0 spiro atoms. The molecule has 0 aliphatic carbocycles. The van der Waals surface area contributed by atoms with Crippen molar-refractivity contribution in [3.63, 3.8) is 0 Å². The molecule has 0 aromatic heterocycles. The van der Waals surface area contributed by atoms with Crippen molar-refractivity contribution < 1.29 is 5.11 Å². The molecule has 33 heavy (non-hydrogen) atoms. The van der Waals surface area contributed by atoms with E-state index in [0.29, 0.717) is 17.6 Å². The van der Waals surface area contributed by atoms with Gasteiger partial charge in [-0.15, -0.1) is 0 Å². The molecule has 0 saturated carbocycles. The van der Waals surface area contributed by atoms with Gasteiger partial charge in [-0.05, 0) is 64.0 Å². The van der Waals surface area contributed by atoms with E-state index in [2.05, 4.69) is 116 Å². The van der Waals surface area contributed by atoms with E-state index in [1.807, 2.05) is 0 Å². The number of phenols is 1. The smallest absolute Gasteiger partial charge is 0.123 e. The minimum absolute atomic E-state index is 0.127. The molecule has 1 N–H and O–H groups in total. The Kier molecular flexibility index (Phi) is 7.99. The molecule has 2 aromatic rings. The monoisotopic (exact) mass is 512 g/mol. The predicted molar refractivity (Wildman–Crippen MR) is 144 cm³/mol. The van der Waals surface area contributed by atoms with Gasteiger partial charge in [0, 0.05) is 19.0 Å². The Labute approximate surface area is 209 Å². The number of amidine groups is 1. The maximum atomic E-state index is 11.1. The Morgan fingerprint density at radius 1 is 0.970 bits per heavy atom. The number of benzene rings is 2. The number of rotatable bonds is 6. The third-order valence-corrected chi connectivity index (χ3v) is 7.25. The minimum atomic E-state index is -0.127. The highest BCUT2D eigenvalue weighted by atomic mass is 79.9. The van der Waals surface area contributed by atoms with E-state index in [1.54, 1.807) is 0 Å². The van der Waals surface area contributed by atoms with Crippen LogP contribution in [0, 0.1) is 11.8 Å². The zero-order chi connectivity index (χ0) is 24.4. The van der Waals surface area contributed by atoms with Gasteiger partial charge in [0.15, 0.2) is 0 Å². The molecule has 180 valence electrons. The van der Waals surface area contributed by atoms with Crippen molar-refractivity contribution in [1.29, 1.82) is 0 Å². The Balaban J connectivity index is 1.96. The van der Waals surface area contributed by atoms with Gasteiger partial charge in [-0.1, -0.05) is 85.2 Å². The Morgan fingerprint density at radius 3 is 2.03 bits per heavy atom. The number of aromatic hydroxyl groups is 1. The lowest BCUT2D eigenvalue weighted by Crippen LogP contribution is -2.28. The van der Waals surface area contributed by atoms with Gasteiger partial charge in [-0.3, -0.25) is 0 Å². The molecule has 2 aromatic carbocycles. The number of halogens is 1. The summed E-state index contributed by atoms with van der Waals surface area (Å²) in [5.41, 5.74) is 4.40. The van der Waals surface area contributed by atoms with E-state index in [9.17, 15) is 5.11 Å². The zero-order valence-corrected chi connectivity index (χ0v) is 23.0. The third kappa shape index (κ3) is 6.01. The summed E-state index contributed by atoms with van der Waals surface area (Å²) in [6.45, 7) is 17.1. The number of likely N-dealkylation sites (tertiary alicyclic amines) is 1. The van der Waals surface area contributed by atoms with Crippen LogP contribution in [0.1, 0.15) is 83.6 Å². The Bertz CT molecular complexity index is 934. The molecule has 4 heteroatoms. The van der Waals surface area contributed by atoms with Crippen LogP contribution in [-0.2, 0) is 23.8 Å². The number of hydrogen-bond acceptors (Lipinski definition) is 2. The van der Waals surface area contributed by atoms with E-state index in [-0.39, 0.29) is 10.8 Å². The molecule has 1 saturated heterocycles. The summed E-state index contributed by atoms with van der Waals surface area (Å²) in [5, 5.41) is 11.1. The van der Waals surface area contributed by atoms with E-state index in [1.165, 1.54) is 24.0 Å². The topological polar surface area (TPSA) is 35.8 Å². The van der Waals surface area contributed by atoms with Gasteiger partial charge in [-0.2, -0.15) is 4.02 Å². The summed E-state index contributed by atoms with van der Waals surface area (Å²) in [4.78, 5) is 2.45. The molecule has 1 aliphatic rings. The molecule has 3 nitrogen and oxygen atoms in total. The van der Waals surface area contributed by atoms with Crippen molar-refractivity contribution in [3.05, 3.63) is 64.7 Å². The first-order valence-electron chi connectivity index (χ1n) is 12.3. The Morgan fingerprint density at radius 2 is 1.55 bits per heavy atom. The van der Waals surface area contributed by atoms with Crippen molar-refractivity contribution >= 4 is 22.0 Å². The lowest BCUT2D eigenvalue weighted by atomic mass is 9.78. The van der Waals surface area contributed by atoms with Gasteiger partial charge < -0.3 is 10.0 Å². The van der Waals surface area contributed by atoms with Crippen LogP contribution in [0.4, 0.5) is 0 Å². The van der Waals surface area contributed by atoms with Crippen molar-refractivity contribution in [2.75, 3.05) is 6.54 Å². The second-order valence-electron chi connectivity index (χ2n) is 11.7. The van der Waals surface area contributed by atoms with E-state index < -0.39 is 0 Å². The molecule has 1 heterocycles. The molecule has 0 amide bonds. The van der Waals surface area contributed by atoms with Crippen molar-refractivity contribution in [1.82, 2.24) is 4.90 Å². The molecule has 0 unspecified atom stereocenters. The summed E-state index contributed by atoms with van der Waals surface area (Å²) in [7, 11) is 0. The zero-order valence-electron chi connectivity index (χ0n) is 21.5. The number of hydrogen-bond donors (Lipinski definition) is 1. The van der Waals surface area contributed by atoms with Gasteiger partial charge in [0.2, 0.25) is 0 Å². The summed E-state index contributed by atoms with van der Waals surface area (Å²) < 4.78 is 4.64. The highest BCUT2D eigenvalue weighted by Crippen LogP contribution is 2.41. The highest BCUT2D eigenvalue weighted by molar-refractivity contribution is 9.08. The summed E-state index contributed by atoms with van der Waals surface area (Å²) in [6, 6.07) is 15.2. The standard InChI is InChI=1S/C29H41BrN2O/c1-8-12-22-19-32(27(31-30)23(22)15-20-13-10-9-11-14-20)18-21-16-24(28(2,3)4)26(33)25(17-21)29(5,6)7/h9-11,13-14,16-17,22-23,33H,8,12,15,18-19H2,1-7H3/b31-27-/t22-,23+/m0/s1. The van der Waals surface area contributed by atoms with Crippen LogP contribution in [0.3, 0.4) is 0 Å². The second kappa shape index (κ2) is 10.2. The van der Waals surface area contributed by atoms with Crippen LogP contribution in [-0.4, -0.2) is 22.4 Å². The first-order valence-corrected chi connectivity index (χ1v) is 13.0. The van der Waals surface area contributed by atoms with E-state index in [4.69, 9.17) is 0 Å². The first kappa shape index (κ1) is 25.8. The van der Waals surface area contributed by atoms with Crippen LogP contribution in [0.25, 0.3) is 0 Å². The second-order valence-corrected chi connectivity index (χ2v) is 12.1. The Hall–Kier alpha value is -1.81. The highest BCUT2D eigenvalue weighted by Gasteiger charge is 2.38. The molecule has 3 rings (SSSR count). The van der Waals surface area contributed by atoms with Crippen LogP contribution < -0.4 is 0 Å².